The lowest BCUT2D eigenvalue weighted by molar-refractivity contribution is -0.107. The van der Waals surface area contributed by atoms with Crippen LogP contribution in [0.3, 0.4) is 0 Å². The first kappa shape index (κ1) is 11.1. The van der Waals surface area contributed by atoms with Crippen LogP contribution in [0.1, 0.15) is 12.5 Å². The van der Waals surface area contributed by atoms with E-state index in [0.717, 1.165) is 23.4 Å². The van der Waals surface area contributed by atoms with E-state index in [1.54, 1.807) is 18.9 Å². The monoisotopic (exact) mass is 210 g/mol. The summed E-state index contributed by atoms with van der Waals surface area (Å²) in [5.41, 5.74) is 0.959. The Morgan fingerprint density at radius 1 is 1.50 bits per heavy atom. The Kier molecular flexibility index (Phi) is 4.53. The molecule has 76 valence electrons. The molecule has 0 spiro atoms. The van der Waals surface area contributed by atoms with Gasteiger partial charge in [-0.1, -0.05) is 6.92 Å². The quantitative estimate of drug-likeness (QED) is 0.552. The number of carbonyl (C=O) groups is 1. The first-order valence-corrected chi connectivity index (χ1v) is 5.53. The molecule has 0 saturated heterocycles. The molecular weight excluding hydrogens is 196 g/mol. The van der Waals surface area contributed by atoms with E-state index < -0.39 is 0 Å². The molecule has 0 heterocycles. The van der Waals surface area contributed by atoms with Crippen LogP contribution in [0.15, 0.2) is 23.1 Å². The summed E-state index contributed by atoms with van der Waals surface area (Å²) >= 11 is 1.76. The van der Waals surface area contributed by atoms with Crippen LogP contribution < -0.4 is 4.74 Å². The Morgan fingerprint density at radius 2 is 2.29 bits per heavy atom. The Labute approximate surface area is 88.7 Å². The molecular formula is C11H14O2S. The van der Waals surface area contributed by atoms with Gasteiger partial charge in [0, 0.05) is 16.9 Å². The van der Waals surface area contributed by atoms with Crippen molar-refractivity contribution in [2.24, 2.45) is 0 Å². The summed E-state index contributed by atoms with van der Waals surface area (Å²) in [5, 5.41) is 0. The minimum absolute atomic E-state index is 0.418. The number of carbonyl (C=O) groups excluding carboxylic acids is 1. The summed E-state index contributed by atoms with van der Waals surface area (Å²) in [6.45, 7) is 2.11. The molecule has 0 unspecified atom stereocenters. The Bertz CT molecular complexity index is 310. The third kappa shape index (κ3) is 2.77. The Balaban J connectivity index is 2.94. The van der Waals surface area contributed by atoms with Crippen LogP contribution in [0.4, 0.5) is 0 Å². The van der Waals surface area contributed by atoms with E-state index in [-0.39, 0.29) is 0 Å². The summed E-state index contributed by atoms with van der Waals surface area (Å²) in [4.78, 5) is 11.6. The van der Waals surface area contributed by atoms with Gasteiger partial charge in [0.2, 0.25) is 0 Å². The van der Waals surface area contributed by atoms with E-state index in [9.17, 15) is 4.79 Å². The first-order chi connectivity index (χ1) is 6.81. The van der Waals surface area contributed by atoms with Crippen LogP contribution in [0.5, 0.6) is 5.75 Å². The van der Waals surface area contributed by atoms with Crippen molar-refractivity contribution < 1.29 is 9.53 Å². The van der Waals surface area contributed by atoms with Crippen LogP contribution in [0.25, 0.3) is 0 Å². The van der Waals surface area contributed by atoms with Gasteiger partial charge in [0.25, 0.3) is 0 Å². The molecule has 0 aromatic heterocycles. The van der Waals surface area contributed by atoms with Crippen LogP contribution in [0.2, 0.25) is 0 Å². The first-order valence-electron chi connectivity index (χ1n) is 4.55. The van der Waals surface area contributed by atoms with Crippen molar-refractivity contribution in [3.8, 4) is 5.75 Å². The molecule has 0 aliphatic rings. The number of thioether (sulfide) groups is 1. The normalized spacial score (nSPS) is 9.86. The van der Waals surface area contributed by atoms with E-state index in [0.29, 0.717) is 6.42 Å². The fourth-order valence-corrected chi connectivity index (χ4v) is 1.98. The summed E-state index contributed by atoms with van der Waals surface area (Å²) in [7, 11) is 1.62. The number of hydrogen-bond donors (Lipinski definition) is 0. The Morgan fingerprint density at radius 3 is 2.86 bits per heavy atom. The molecule has 0 N–H and O–H groups in total. The van der Waals surface area contributed by atoms with Gasteiger partial charge >= 0.3 is 0 Å². The van der Waals surface area contributed by atoms with Gasteiger partial charge in [0.1, 0.15) is 12.0 Å². The van der Waals surface area contributed by atoms with Gasteiger partial charge in [0.15, 0.2) is 0 Å². The third-order valence-electron chi connectivity index (χ3n) is 1.87. The van der Waals surface area contributed by atoms with Crippen LogP contribution in [-0.4, -0.2) is 19.1 Å². The second-order valence-corrected chi connectivity index (χ2v) is 4.11. The van der Waals surface area contributed by atoms with E-state index in [1.165, 1.54) is 4.90 Å². The van der Waals surface area contributed by atoms with Gasteiger partial charge in [-0.3, -0.25) is 0 Å². The average Bonchev–Trinajstić information content (AvgIpc) is 2.19. The average molecular weight is 210 g/mol. The maximum Gasteiger partial charge on any atom is 0.124 e. The summed E-state index contributed by atoms with van der Waals surface area (Å²) in [6.07, 6.45) is 1.32. The molecule has 0 aliphatic heterocycles. The highest BCUT2D eigenvalue weighted by atomic mass is 32.2. The van der Waals surface area contributed by atoms with Crippen LogP contribution in [-0.2, 0) is 11.2 Å². The minimum Gasteiger partial charge on any atom is -0.496 e. The van der Waals surface area contributed by atoms with Crippen molar-refractivity contribution in [1.82, 2.24) is 0 Å². The van der Waals surface area contributed by atoms with E-state index in [2.05, 4.69) is 6.92 Å². The molecule has 0 bridgehead atoms. The highest BCUT2D eigenvalue weighted by Gasteiger charge is 2.03. The van der Waals surface area contributed by atoms with Gasteiger partial charge in [0.05, 0.1) is 7.11 Å². The van der Waals surface area contributed by atoms with Crippen molar-refractivity contribution in [2.75, 3.05) is 12.9 Å². The number of benzene rings is 1. The van der Waals surface area contributed by atoms with Gasteiger partial charge in [-0.25, -0.2) is 0 Å². The predicted octanol–water partition coefficient (Wildman–Crippen LogP) is 2.55. The summed E-state index contributed by atoms with van der Waals surface area (Å²) in [5.74, 6) is 1.82. The predicted molar refractivity (Wildman–Crippen MR) is 59.2 cm³/mol. The number of rotatable bonds is 5. The van der Waals surface area contributed by atoms with Gasteiger partial charge in [-0.2, -0.15) is 0 Å². The second kappa shape index (κ2) is 5.70. The zero-order chi connectivity index (χ0) is 10.4. The SMILES string of the molecule is CCSc1ccc(OC)c(CC=O)c1. The lowest BCUT2D eigenvalue weighted by Crippen LogP contribution is -1.93. The maximum atomic E-state index is 10.4. The zero-order valence-electron chi connectivity index (χ0n) is 8.45. The van der Waals surface area contributed by atoms with E-state index >= 15 is 0 Å². The maximum absolute atomic E-state index is 10.4. The summed E-state index contributed by atoms with van der Waals surface area (Å²) in [6, 6.07) is 5.94. The van der Waals surface area contributed by atoms with Crippen molar-refractivity contribution in [2.45, 2.75) is 18.2 Å². The van der Waals surface area contributed by atoms with Crippen molar-refractivity contribution >= 4 is 18.0 Å². The lowest BCUT2D eigenvalue weighted by atomic mass is 10.1. The van der Waals surface area contributed by atoms with Crippen molar-refractivity contribution in [3.05, 3.63) is 23.8 Å². The van der Waals surface area contributed by atoms with Gasteiger partial charge in [-0.05, 0) is 24.0 Å². The standard InChI is InChI=1S/C11H14O2S/c1-3-14-10-4-5-11(13-2)9(8-10)6-7-12/h4-5,7-8H,3,6H2,1-2H3. The van der Waals surface area contributed by atoms with Gasteiger partial charge < -0.3 is 9.53 Å². The second-order valence-electron chi connectivity index (χ2n) is 2.78. The fourth-order valence-electron chi connectivity index (χ4n) is 1.26. The van der Waals surface area contributed by atoms with Crippen molar-refractivity contribution in [1.29, 1.82) is 0 Å². The molecule has 0 radical (unpaired) electrons. The fraction of sp³-hybridized carbons (Fsp3) is 0.364. The molecule has 0 atom stereocenters. The molecule has 1 aromatic carbocycles. The number of ether oxygens (including phenoxy) is 1. The van der Waals surface area contributed by atoms with Crippen LogP contribution >= 0.6 is 11.8 Å². The zero-order valence-corrected chi connectivity index (χ0v) is 9.26. The minimum atomic E-state index is 0.418. The number of hydrogen-bond acceptors (Lipinski definition) is 3. The molecule has 0 fully saturated rings. The van der Waals surface area contributed by atoms with E-state index in [1.807, 2.05) is 18.2 Å². The molecule has 1 aromatic rings. The van der Waals surface area contributed by atoms with Gasteiger partial charge in [-0.15, -0.1) is 11.8 Å². The smallest absolute Gasteiger partial charge is 0.124 e. The highest BCUT2D eigenvalue weighted by Crippen LogP contribution is 2.25. The number of methoxy groups -OCH3 is 1. The summed E-state index contributed by atoms with van der Waals surface area (Å²) < 4.78 is 5.16. The molecule has 0 aliphatic carbocycles. The topological polar surface area (TPSA) is 26.3 Å². The molecule has 0 amide bonds. The largest absolute Gasteiger partial charge is 0.496 e. The Hall–Kier alpha value is -0.960. The van der Waals surface area contributed by atoms with Crippen molar-refractivity contribution in [3.63, 3.8) is 0 Å². The highest BCUT2D eigenvalue weighted by molar-refractivity contribution is 7.99. The lowest BCUT2D eigenvalue weighted by Gasteiger charge is -2.07. The molecule has 14 heavy (non-hydrogen) atoms. The third-order valence-corrected chi connectivity index (χ3v) is 2.74. The molecule has 0 saturated carbocycles. The van der Waals surface area contributed by atoms with E-state index in [4.69, 9.17) is 4.74 Å². The van der Waals surface area contributed by atoms with Crippen LogP contribution in [0, 0.1) is 0 Å². The molecule has 3 heteroatoms. The number of aldehydes is 1. The molecule has 1 rings (SSSR count). The molecule has 2 nitrogen and oxygen atoms in total.